The number of carbonyl (C=O) groups excluding carboxylic acids is 1. The monoisotopic (exact) mass is 188 g/mol. The van der Waals surface area contributed by atoms with Gasteiger partial charge in [0.15, 0.2) is 6.29 Å². The second-order valence-electron chi connectivity index (χ2n) is 3.68. The van der Waals surface area contributed by atoms with E-state index in [1.54, 1.807) is 6.20 Å². The van der Waals surface area contributed by atoms with Gasteiger partial charge in [-0.3, -0.25) is 4.79 Å². The smallest absolute Gasteiger partial charge is 0.151 e. The number of nitrogens with zero attached hydrogens (tertiary/aromatic N) is 1. The first kappa shape index (κ1) is 8.94. The Bertz CT molecular complexity index is 471. The molecule has 0 bridgehead atoms. The SMILES string of the molecule is CC(C)c1c[nH]c2ncc(C=O)cc12. The molecule has 2 aromatic heterocycles. The summed E-state index contributed by atoms with van der Waals surface area (Å²) >= 11 is 0. The summed E-state index contributed by atoms with van der Waals surface area (Å²) in [6.45, 7) is 4.24. The highest BCUT2D eigenvalue weighted by Crippen LogP contribution is 2.24. The molecular weight excluding hydrogens is 176 g/mol. The average molecular weight is 188 g/mol. The van der Waals surface area contributed by atoms with Crippen LogP contribution in [-0.2, 0) is 0 Å². The van der Waals surface area contributed by atoms with E-state index in [0.29, 0.717) is 11.5 Å². The predicted molar refractivity (Wildman–Crippen MR) is 55.6 cm³/mol. The number of rotatable bonds is 2. The van der Waals surface area contributed by atoms with Crippen LogP contribution >= 0.6 is 0 Å². The van der Waals surface area contributed by atoms with Crippen LogP contribution in [0.2, 0.25) is 0 Å². The Morgan fingerprint density at radius 1 is 1.50 bits per heavy atom. The van der Waals surface area contributed by atoms with E-state index in [0.717, 1.165) is 17.3 Å². The summed E-state index contributed by atoms with van der Waals surface area (Å²) in [5.41, 5.74) is 2.68. The summed E-state index contributed by atoms with van der Waals surface area (Å²) in [5.74, 6) is 0.437. The summed E-state index contributed by atoms with van der Waals surface area (Å²) in [7, 11) is 0. The zero-order chi connectivity index (χ0) is 10.1. The molecule has 0 spiro atoms. The molecule has 0 fully saturated rings. The van der Waals surface area contributed by atoms with Crippen molar-refractivity contribution in [2.24, 2.45) is 0 Å². The van der Waals surface area contributed by atoms with Crippen LogP contribution < -0.4 is 0 Å². The third-order valence-electron chi connectivity index (χ3n) is 2.34. The minimum atomic E-state index is 0.437. The number of fused-ring (bicyclic) bond motifs is 1. The van der Waals surface area contributed by atoms with Gasteiger partial charge in [0.2, 0.25) is 0 Å². The molecule has 1 N–H and O–H groups in total. The van der Waals surface area contributed by atoms with Gasteiger partial charge < -0.3 is 4.98 Å². The van der Waals surface area contributed by atoms with Gasteiger partial charge in [-0.15, -0.1) is 0 Å². The highest BCUT2D eigenvalue weighted by Gasteiger charge is 2.08. The first-order valence-electron chi connectivity index (χ1n) is 4.64. The molecule has 0 radical (unpaired) electrons. The highest BCUT2D eigenvalue weighted by molar-refractivity contribution is 5.86. The number of carbonyl (C=O) groups is 1. The molecule has 72 valence electrons. The Balaban J connectivity index is 2.69. The fourth-order valence-corrected chi connectivity index (χ4v) is 1.58. The molecule has 0 aliphatic heterocycles. The van der Waals surface area contributed by atoms with Gasteiger partial charge in [-0.2, -0.15) is 0 Å². The molecule has 14 heavy (non-hydrogen) atoms. The Kier molecular flexibility index (Phi) is 2.08. The second-order valence-corrected chi connectivity index (χ2v) is 3.68. The lowest BCUT2D eigenvalue weighted by atomic mass is 10.0. The van der Waals surface area contributed by atoms with Crippen molar-refractivity contribution < 1.29 is 4.79 Å². The average Bonchev–Trinajstić information content (AvgIpc) is 2.59. The van der Waals surface area contributed by atoms with Crippen molar-refractivity contribution in [3.63, 3.8) is 0 Å². The second kappa shape index (κ2) is 3.25. The molecule has 2 aromatic rings. The molecule has 2 heterocycles. The molecule has 0 amide bonds. The number of aromatic amines is 1. The molecule has 2 rings (SSSR count). The molecule has 3 nitrogen and oxygen atoms in total. The van der Waals surface area contributed by atoms with Gasteiger partial charge in [0.05, 0.1) is 0 Å². The quantitative estimate of drug-likeness (QED) is 0.736. The number of hydrogen-bond donors (Lipinski definition) is 1. The molecule has 0 saturated carbocycles. The van der Waals surface area contributed by atoms with Crippen molar-refractivity contribution in [1.29, 1.82) is 0 Å². The molecule has 0 aliphatic rings. The van der Waals surface area contributed by atoms with Gasteiger partial charge >= 0.3 is 0 Å². The van der Waals surface area contributed by atoms with Crippen LogP contribution in [0, 0.1) is 0 Å². The Morgan fingerprint density at radius 2 is 2.29 bits per heavy atom. The van der Waals surface area contributed by atoms with Crippen molar-refractivity contribution in [1.82, 2.24) is 9.97 Å². The fraction of sp³-hybridized carbons (Fsp3) is 0.273. The predicted octanol–water partition coefficient (Wildman–Crippen LogP) is 2.50. The zero-order valence-corrected chi connectivity index (χ0v) is 8.24. The Labute approximate surface area is 82.2 Å². The van der Waals surface area contributed by atoms with Crippen LogP contribution in [0.25, 0.3) is 11.0 Å². The third kappa shape index (κ3) is 1.31. The van der Waals surface area contributed by atoms with Crippen LogP contribution in [0.3, 0.4) is 0 Å². The lowest BCUT2D eigenvalue weighted by Gasteiger charge is -2.01. The molecule has 3 heteroatoms. The molecule has 0 unspecified atom stereocenters. The standard InChI is InChI=1S/C11H12N2O/c1-7(2)10-5-13-11-9(10)3-8(6-14)4-12-11/h3-7H,1-2H3,(H,12,13). The van der Waals surface area contributed by atoms with Gasteiger partial charge in [-0.25, -0.2) is 4.98 Å². The maximum absolute atomic E-state index is 10.6. The van der Waals surface area contributed by atoms with E-state index in [9.17, 15) is 4.79 Å². The van der Waals surface area contributed by atoms with Crippen molar-refractivity contribution in [2.45, 2.75) is 19.8 Å². The number of H-pyrrole nitrogens is 1. The van der Waals surface area contributed by atoms with E-state index in [1.165, 1.54) is 5.56 Å². The van der Waals surface area contributed by atoms with E-state index in [1.807, 2.05) is 12.3 Å². The van der Waals surface area contributed by atoms with E-state index in [4.69, 9.17) is 0 Å². The number of aldehydes is 1. The third-order valence-corrected chi connectivity index (χ3v) is 2.34. The van der Waals surface area contributed by atoms with Gasteiger partial charge in [-0.1, -0.05) is 13.8 Å². The Morgan fingerprint density at radius 3 is 2.93 bits per heavy atom. The summed E-state index contributed by atoms with van der Waals surface area (Å²) in [5, 5.41) is 1.05. The fourth-order valence-electron chi connectivity index (χ4n) is 1.58. The topological polar surface area (TPSA) is 45.8 Å². The highest BCUT2D eigenvalue weighted by atomic mass is 16.1. The molecule has 0 aromatic carbocycles. The van der Waals surface area contributed by atoms with Crippen LogP contribution in [0.15, 0.2) is 18.5 Å². The first-order chi connectivity index (χ1) is 6.72. The summed E-state index contributed by atoms with van der Waals surface area (Å²) in [6.07, 6.45) is 4.36. The normalized spacial score (nSPS) is 11.1. The van der Waals surface area contributed by atoms with Gasteiger partial charge in [-0.05, 0) is 17.5 Å². The van der Waals surface area contributed by atoms with Gasteiger partial charge in [0.25, 0.3) is 0 Å². The maximum Gasteiger partial charge on any atom is 0.151 e. The minimum absolute atomic E-state index is 0.437. The van der Waals surface area contributed by atoms with Crippen LogP contribution in [0.1, 0.15) is 35.7 Å². The number of nitrogens with one attached hydrogen (secondary N) is 1. The van der Waals surface area contributed by atoms with E-state index in [2.05, 4.69) is 23.8 Å². The van der Waals surface area contributed by atoms with E-state index < -0.39 is 0 Å². The lowest BCUT2D eigenvalue weighted by Crippen LogP contribution is -1.87. The van der Waals surface area contributed by atoms with Crippen molar-refractivity contribution in [3.05, 3.63) is 29.6 Å². The van der Waals surface area contributed by atoms with Crippen LogP contribution in [0.4, 0.5) is 0 Å². The largest absolute Gasteiger partial charge is 0.346 e. The van der Waals surface area contributed by atoms with Crippen molar-refractivity contribution in [3.8, 4) is 0 Å². The minimum Gasteiger partial charge on any atom is -0.346 e. The number of pyridine rings is 1. The van der Waals surface area contributed by atoms with Gasteiger partial charge in [0, 0.05) is 23.3 Å². The molecule has 0 atom stereocenters. The van der Waals surface area contributed by atoms with Gasteiger partial charge in [0.1, 0.15) is 5.65 Å². The Hall–Kier alpha value is -1.64. The number of hydrogen-bond acceptors (Lipinski definition) is 2. The van der Waals surface area contributed by atoms with Crippen LogP contribution in [0.5, 0.6) is 0 Å². The van der Waals surface area contributed by atoms with Crippen LogP contribution in [-0.4, -0.2) is 16.3 Å². The lowest BCUT2D eigenvalue weighted by molar-refractivity contribution is 0.112. The maximum atomic E-state index is 10.6. The van der Waals surface area contributed by atoms with Crippen molar-refractivity contribution >= 4 is 17.3 Å². The first-order valence-corrected chi connectivity index (χ1v) is 4.64. The summed E-state index contributed by atoms with van der Waals surface area (Å²) in [4.78, 5) is 17.9. The molecular formula is C11H12N2O. The molecule has 0 saturated heterocycles. The van der Waals surface area contributed by atoms with Crippen molar-refractivity contribution in [2.75, 3.05) is 0 Å². The van der Waals surface area contributed by atoms with E-state index in [-0.39, 0.29) is 0 Å². The zero-order valence-electron chi connectivity index (χ0n) is 8.24. The summed E-state index contributed by atoms with van der Waals surface area (Å²) in [6, 6.07) is 1.88. The summed E-state index contributed by atoms with van der Waals surface area (Å²) < 4.78 is 0. The van der Waals surface area contributed by atoms with E-state index >= 15 is 0 Å². The molecule has 0 aliphatic carbocycles. The number of aromatic nitrogens is 2.